The lowest BCUT2D eigenvalue weighted by Gasteiger charge is -2.41. The molecule has 2 atom stereocenters. The van der Waals surface area contributed by atoms with E-state index < -0.39 is 0 Å². The largest absolute Gasteiger partial charge is 0.497 e. The lowest BCUT2D eigenvalue weighted by Crippen LogP contribution is -2.47. The van der Waals surface area contributed by atoms with Crippen LogP contribution in [0.2, 0.25) is 0 Å². The quantitative estimate of drug-likeness (QED) is 0.658. The maximum absolute atomic E-state index is 5.31. The van der Waals surface area contributed by atoms with Crippen molar-refractivity contribution < 1.29 is 9.22 Å². The molecule has 16 heavy (non-hydrogen) atoms. The Morgan fingerprint density at radius 2 is 2.19 bits per heavy atom. The molecule has 1 fully saturated rings. The number of hydrogen-bond acceptors (Lipinski definition) is 1. The fraction of sp³-hybridized carbons (Fsp3) is 0.571. The van der Waals surface area contributed by atoms with Crippen LogP contribution in [0.25, 0.3) is 0 Å². The Morgan fingerprint density at radius 3 is 3.00 bits per heavy atom. The van der Waals surface area contributed by atoms with E-state index in [0.29, 0.717) is 0 Å². The van der Waals surface area contributed by atoms with Gasteiger partial charge in [-0.1, -0.05) is 0 Å². The minimum Gasteiger partial charge on any atom is -0.497 e. The minimum absolute atomic E-state index is 0.745. The van der Waals surface area contributed by atoms with Gasteiger partial charge in [-0.3, -0.25) is 0 Å². The van der Waals surface area contributed by atoms with Crippen LogP contribution in [0.5, 0.6) is 5.75 Å². The van der Waals surface area contributed by atoms with Crippen LogP contribution in [-0.4, -0.2) is 31.7 Å². The molecule has 2 heterocycles. The molecule has 0 spiro atoms. The Bertz CT molecular complexity index is 415. The van der Waals surface area contributed by atoms with Crippen molar-refractivity contribution in [2.45, 2.75) is 25.3 Å². The van der Waals surface area contributed by atoms with Gasteiger partial charge in [0, 0.05) is 24.8 Å². The second kappa shape index (κ2) is 3.49. The Hall–Kier alpha value is -1.02. The van der Waals surface area contributed by atoms with Crippen molar-refractivity contribution >= 4 is 0 Å². The summed E-state index contributed by atoms with van der Waals surface area (Å²) < 4.78 is 6.57. The van der Waals surface area contributed by atoms with Crippen LogP contribution in [0.1, 0.15) is 30.0 Å². The lowest BCUT2D eigenvalue weighted by atomic mass is 9.91. The topological polar surface area (TPSA) is 9.23 Å². The minimum atomic E-state index is 0.745. The zero-order chi connectivity index (χ0) is 11.2. The van der Waals surface area contributed by atoms with Crippen molar-refractivity contribution in [1.29, 1.82) is 0 Å². The molecule has 0 bridgehead atoms. The number of hydrogen-bond donors (Lipinski definition) is 0. The summed E-state index contributed by atoms with van der Waals surface area (Å²) in [6, 6.07) is 7.39. The van der Waals surface area contributed by atoms with Crippen LogP contribution in [0.15, 0.2) is 18.2 Å². The molecule has 2 unspecified atom stereocenters. The molecule has 0 N–H and O–H groups in total. The average Bonchev–Trinajstić information content (AvgIpc) is 2.70. The highest BCUT2D eigenvalue weighted by atomic mass is 16.5. The molecule has 2 aliphatic heterocycles. The van der Waals surface area contributed by atoms with Crippen LogP contribution < -0.4 is 4.74 Å². The van der Waals surface area contributed by atoms with E-state index in [1.165, 1.54) is 42.4 Å². The van der Waals surface area contributed by atoms with Crippen molar-refractivity contribution in [1.82, 2.24) is 0 Å². The molecule has 0 radical (unpaired) electrons. The van der Waals surface area contributed by atoms with Gasteiger partial charge < -0.3 is 9.22 Å². The van der Waals surface area contributed by atoms with Gasteiger partial charge in [-0.05, 0) is 23.8 Å². The van der Waals surface area contributed by atoms with Crippen molar-refractivity contribution in [3.05, 3.63) is 29.3 Å². The van der Waals surface area contributed by atoms with Gasteiger partial charge in [0.25, 0.3) is 0 Å². The molecule has 0 saturated carbocycles. The zero-order valence-corrected chi connectivity index (χ0v) is 10.2. The third-order valence-electron chi connectivity index (χ3n) is 4.50. The van der Waals surface area contributed by atoms with E-state index in [2.05, 4.69) is 25.2 Å². The number of nitrogens with zero attached hydrogens (tertiary/aromatic N) is 1. The first kappa shape index (κ1) is 10.2. The van der Waals surface area contributed by atoms with Crippen molar-refractivity contribution in [3.63, 3.8) is 0 Å². The molecule has 1 aromatic rings. The number of methoxy groups -OCH3 is 1. The maximum Gasteiger partial charge on any atom is 0.119 e. The van der Waals surface area contributed by atoms with Crippen LogP contribution in [-0.2, 0) is 6.42 Å². The molecule has 1 saturated heterocycles. The number of rotatable bonds is 1. The highest BCUT2D eigenvalue weighted by Crippen LogP contribution is 2.43. The van der Waals surface area contributed by atoms with Gasteiger partial charge in [-0.15, -0.1) is 0 Å². The summed E-state index contributed by atoms with van der Waals surface area (Å²) in [5.41, 5.74) is 3.09. The number of likely N-dealkylation sites (N-methyl/N-ethyl adjacent to an activating group) is 1. The summed E-state index contributed by atoms with van der Waals surface area (Å²) >= 11 is 0. The van der Waals surface area contributed by atoms with Gasteiger partial charge in [-0.25, -0.2) is 0 Å². The van der Waals surface area contributed by atoms with Gasteiger partial charge in [0.05, 0.1) is 27.2 Å². The van der Waals surface area contributed by atoms with Crippen LogP contribution in [0, 0.1) is 0 Å². The van der Waals surface area contributed by atoms with E-state index in [1.54, 1.807) is 12.7 Å². The fourth-order valence-corrected chi connectivity index (χ4v) is 3.50. The molecule has 0 amide bonds. The number of benzene rings is 1. The van der Waals surface area contributed by atoms with Crippen molar-refractivity contribution in [3.8, 4) is 5.75 Å². The molecule has 0 aromatic heterocycles. The molecule has 86 valence electrons. The predicted octanol–water partition coefficient (Wildman–Crippen LogP) is 2.53. The van der Waals surface area contributed by atoms with Crippen molar-refractivity contribution in [2.75, 3.05) is 27.2 Å². The Kier molecular flexibility index (Phi) is 2.21. The highest BCUT2D eigenvalue weighted by Gasteiger charge is 2.42. The summed E-state index contributed by atoms with van der Waals surface area (Å²) in [6.07, 6.45) is 3.95. The predicted molar refractivity (Wildman–Crippen MR) is 64.6 cm³/mol. The summed E-state index contributed by atoms with van der Waals surface area (Å²) in [5.74, 6) is 1.01. The van der Waals surface area contributed by atoms with E-state index in [4.69, 9.17) is 4.74 Å². The summed E-state index contributed by atoms with van der Waals surface area (Å²) in [7, 11) is 4.17. The summed E-state index contributed by atoms with van der Waals surface area (Å²) in [6.45, 7) is 2.65. The van der Waals surface area contributed by atoms with Gasteiger partial charge in [0.1, 0.15) is 11.8 Å². The van der Waals surface area contributed by atoms with Crippen LogP contribution in [0.3, 0.4) is 0 Å². The first-order valence-electron chi connectivity index (χ1n) is 6.24. The third-order valence-corrected chi connectivity index (χ3v) is 4.50. The summed E-state index contributed by atoms with van der Waals surface area (Å²) in [4.78, 5) is 0. The first-order valence-corrected chi connectivity index (χ1v) is 6.24. The monoisotopic (exact) mass is 218 g/mol. The molecule has 0 aliphatic carbocycles. The van der Waals surface area contributed by atoms with Crippen LogP contribution >= 0.6 is 0 Å². The molecule has 2 nitrogen and oxygen atoms in total. The molecular formula is C14H20NO+. The van der Waals surface area contributed by atoms with E-state index >= 15 is 0 Å². The highest BCUT2D eigenvalue weighted by molar-refractivity contribution is 5.38. The maximum atomic E-state index is 5.31. The Labute approximate surface area is 97.4 Å². The first-order chi connectivity index (χ1) is 7.73. The molecule has 3 rings (SSSR count). The summed E-state index contributed by atoms with van der Waals surface area (Å²) in [5, 5.41) is 0. The average molecular weight is 218 g/mol. The third kappa shape index (κ3) is 1.36. The molecular weight excluding hydrogens is 198 g/mol. The second-order valence-electron chi connectivity index (χ2n) is 5.40. The second-order valence-corrected chi connectivity index (χ2v) is 5.40. The van der Waals surface area contributed by atoms with E-state index in [9.17, 15) is 0 Å². The molecule has 2 heteroatoms. The Balaban J connectivity index is 2.04. The fourth-order valence-electron chi connectivity index (χ4n) is 3.50. The molecule has 2 aliphatic rings. The number of ether oxygens (including phenoxy) is 1. The van der Waals surface area contributed by atoms with Crippen molar-refractivity contribution in [2.24, 2.45) is 0 Å². The molecule has 1 aromatic carbocycles. The van der Waals surface area contributed by atoms with Gasteiger partial charge in [0.15, 0.2) is 0 Å². The normalized spacial score (nSPS) is 32.0. The van der Waals surface area contributed by atoms with E-state index in [-0.39, 0.29) is 0 Å². The standard InChI is InChI=1S/C14H20NO/c1-15-8-3-4-14(15)13-6-5-12(16-2)10-11(13)7-9-15/h5-6,10,14H,3-4,7-9H2,1-2H3/q+1. The van der Waals surface area contributed by atoms with Gasteiger partial charge in [-0.2, -0.15) is 0 Å². The smallest absolute Gasteiger partial charge is 0.119 e. The Morgan fingerprint density at radius 1 is 1.31 bits per heavy atom. The lowest BCUT2D eigenvalue weighted by molar-refractivity contribution is -0.928. The number of quaternary nitrogens is 1. The van der Waals surface area contributed by atoms with E-state index in [0.717, 1.165) is 11.8 Å². The zero-order valence-electron chi connectivity index (χ0n) is 10.2. The van der Waals surface area contributed by atoms with E-state index in [1.807, 2.05) is 0 Å². The van der Waals surface area contributed by atoms with Gasteiger partial charge >= 0.3 is 0 Å². The SMILES string of the molecule is COc1ccc2c(c1)CC[N+]1(C)CCCC21. The van der Waals surface area contributed by atoms with Crippen LogP contribution in [0.4, 0.5) is 0 Å². The number of fused-ring (bicyclic) bond motifs is 3. The van der Waals surface area contributed by atoms with Gasteiger partial charge in [0.2, 0.25) is 0 Å².